The van der Waals surface area contributed by atoms with E-state index in [4.69, 9.17) is 28.0 Å². The van der Waals surface area contributed by atoms with E-state index in [1.165, 1.54) is 0 Å². The number of amides is 2. The number of sulfonamides is 1. The number of fused-ring (bicyclic) bond motifs is 1. The Labute approximate surface area is 279 Å². The molecule has 46 heavy (non-hydrogen) atoms. The number of carbonyl (C=O) groups excluding carboxylic acids is 3. The van der Waals surface area contributed by atoms with Gasteiger partial charge < -0.3 is 9.69 Å². The average molecular weight is 687 g/mol. The number of halogens is 2. The van der Waals surface area contributed by atoms with Gasteiger partial charge in [-0.15, -0.1) is 0 Å². The van der Waals surface area contributed by atoms with Crippen LogP contribution in [0.1, 0.15) is 84.1 Å². The fraction of sp³-hybridized carbons (Fsp3) is 0.382. The van der Waals surface area contributed by atoms with Crippen molar-refractivity contribution in [1.29, 1.82) is 0 Å². The molecule has 9 nitrogen and oxygen atoms in total. The summed E-state index contributed by atoms with van der Waals surface area (Å²) in [5.41, 5.74) is 4.97. The van der Waals surface area contributed by atoms with E-state index in [1.54, 1.807) is 47.4 Å². The topological polar surface area (TPSA) is 122 Å². The Balaban J connectivity index is 1.52. The van der Waals surface area contributed by atoms with E-state index in [9.17, 15) is 22.8 Å². The van der Waals surface area contributed by atoms with Gasteiger partial charge in [0.05, 0.1) is 24.8 Å². The van der Waals surface area contributed by atoms with Gasteiger partial charge in [-0.05, 0) is 67.1 Å². The molecule has 12 heteroatoms. The first-order valence-corrected chi connectivity index (χ1v) is 17.8. The minimum atomic E-state index is -3.60. The number of carbonyl (C=O) groups is 3. The Morgan fingerprint density at radius 3 is 2.39 bits per heavy atom. The van der Waals surface area contributed by atoms with Crippen LogP contribution in [0.5, 0.6) is 0 Å². The van der Waals surface area contributed by atoms with Crippen LogP contribution in [-0.2, 0) is 36.5 Å². The summed E-state index contributed by atoms with van der Waals surface area (Å²) in [6.45, 7) is 3.72. The van der Waals surface area contributed by atoms with Crippen molar-refractivity contribution in [3.63, 3.8) is 0 Å². The number of hydrogen-bond donors (Lipinski definition) is 2. The quantitative estimate of drug-likeness (QED) is 0.204. The van der Waals surface area contributed by atoms with E-state index in [0.717, 1.165) is 36.5 Å². The first kappa shape index (κ1) is 34.1. The van der Waals surface area contributed by atoms with E-state index in [-0.39, 0.29) is 17.5 Å². The third kappa shape index (κ3) is 7.31. The van der Waals surface area contributed by atoms with Crippen molar-refractivity contribution in [2.75, 3.05) is 6.26 Å². The Hall–Kier alpha value is -3.28. The molecule has 0 aromatic heterocycles. The van der Waals surface area contributed by atoms with Crippen molar-refractivity contribution in [3.8, 4) is 0 Å². The maximum atomic E-state index is 14.4. The molecule has 1 aliphatic heterocycles. The zero-order valence-electron chi connectivity index (χ0n) is 25.8. The summed E-state index contributed by atoms with van der Waals surface area (Å²) in [4.78, 5) is 47.4. The molecule has 0 bridgehead atoms. The maximum Gasteiger partial charge on any atom is 0.255 e. The highest BCUT2D eigenvalue weighted by atomic mass is 35.5. The average Bonchev–Trinajstić information content (AvgIpc) is 3.01. The van der Waals surface area contributed by atoms with Gasteiger partial charge in [-0.25, -0.2) is 18.6 Å². The normalized spacial score (nSPS) is 21.8. The molecule has 2 aliphatic rings. The minimum absolute atomic E-state index is 0.0555. The molecule has 244 valence electrons. The highest BCUT2D eigenvalue weighted by Gasteiger charge is 2.49. The van der Waals surface area contributed by atoms with Crippen LogP contribution in [0.2, 0.25) is 10.0 Å². The molecular weight excluding hydrogens is 649 g/mol. The molecule has 0 unspecified atom stereocenters. The lowest BCUT2D eigenvalue weighted by Gasteiger charge is -2.49. The van der Waals surface area contributed by atoms with Crippen LogP contribution < -0.4 is 10.2 Å². The summed E-state index contributed by atoms with van der Waals surface area (Å²) in [6.07, 6.45) is 4.63. The zero-order chi connectivity index (χ0) is 33.2. The number of hydroxylamine groups is 1. The van der Waals surface area contributed by atoms with E-state index in [2.05, 4.69) is 10.2 Å². The van der Waals surface area contributed by atoms with Crippen LogP contribution in [0.4, 0.5) is 0 Å². The van der Waals surface area contributed by atoms with Gasteiger partial charge in [0.1, 0.15) is 6.29 Å². The Kier molecular flexibility index (Phi) is 10.2. The third-order valence-corrected chi connectivity index (χ3v) is 10.1. The molecular formula is C34H37Cl2N3O6S. The lowest BCUT2D eigenvalue weighted by molar-refractivity contribution is -0.138. The molecule has 3 aromatic rings. The largest absolute Gasteiger partial charge is 0.326 e. The van der Waals surface area contributed by atoms with Crippen LogP contribution in [-0.4, -0.2) is 49.8 Å². The van der Waals surface area contributed by atoms with Crippen molar-refractivity contribution in [3.05, 3.63) is 105 Å². The van der Waals surface area contributed by atoms with Gasteiger partial charge >= 0.3 is 0 Å². The first-order valence-electron chi connectivity index (χ1n) is 15.1. The molecule has 4 atom stereocenters. The third-order valence-electron chi connectivity index (χ3n) is 8.80. The van der Waals surface area contributed by atoms with Gasteiger partial charge in [0.25, 0.3) is 11.8 Å². The number of hydrogen-bond acceptors (Lipinski definition) is 6. The molecule has 0 spiro atoms. The number of rotatable bonds is 10. The zero-order valence-corrected chi connectivity index (χ0v) is 28.2. The van der Waals surface area contributed by atoms with Gasteiger partial charge in [0.15, 0.2) is 0 Å². The molecule has 1 fully saturated rings. The van der Waals surface area contributed by atoms with Gasteiger partial charge in [-0.2, -0.15) is 0 Å². The van der Waals surface area contributed by atoms with Gasteiger partial charge in [-0.1, -0.05) is 84.6 Å². The second-order valence-electron chi connectivity index (χ2n) is 12.5. The van der Waals surface area contributed by atoms with Crippen LogP contribution in [0.15, 0.2) is 66.7 Å². The number of nitrogens with zero attached hydrogens (tertiary/aromatic N) is 1. The van der Waals surface area contributed by atoms with E-state index in [1.807, 2.05) is 38.1 Å². The van der Waals surface area contributed by atoms with Gasteiger partial charge in [0, 0.05) is 33.1 Å². The molecule has 0 saturated heterocycles. The lowest BCUT2D eigenvalue weighted by Crippen LogP contribution is -2.59. The Bertz CT molecular complexity index is 1730. The SMILES string of the molecule is CC(C)(C=O)c1ccc(CONC(=O)[C@@H]2c3ccccc3C(=O)N([C@H]3CCCC[C@@H]3NS(C)(=O)=O)[C@H]2c2ccc(Cl)cc2Cl)cc1. The fourth-order valence-electron chi connectivity index (χ4n) is 6.48. The first-order chi connectivity index (χ1) is 21.8. The molecule has 3 aromatic carbocycles. The van der Waals surface area contributed by atoms with Crippen molar-refractivity contribution < 1.29 is 27.6 Å². The summed E-state index contributed by atoms with van der Waals surface area (Å²) < 4.78 is 27.5. The highest BCUT2D eigenvalue weighted by Crippen LogP contribution is 2.48. The monoisotopic (exact) mass is 685 g/mol. The lowest BCUT2D eigenvalue weighted by atomic mass is 9.76. The number of benzene rings is 3. The summed E-state index contributed by atoms with van der Waals surface area (Å²) in [5, 5.41) is 0.666. The van der Waals surface area contributed by atoms with Crippen molar-refractivity contribution in [1.82, 2.24) is 15.1 Å². The summed E-state index contributed by atoms with van der Waals surface area (Å²) in [7, 11) is -3.60. The van der Waals surface area contributed by atoms with Crippen LogP contribution in [0.25, 0.3) is 0 Å². The van der Waals surface area contributed by atoms with Crippen molar-refractivity contribution >= 4 is 51.3 Å². The minimum Gasteiger partial charge on any atom is -0.326 e. The summed E-state index contributed by atoms with van der Waals surface area (Å²) in [5.74, 6) is -1.77. The molecule has 2 amide bonds. The summed E-state index contributed by atoms with van der Waals surface area (Å²) >= 11 is 13.0. The van der Waals surface area contributed by atoms with Crippen molar-refractivity contribution in [2.45, 2.75) is 75.6 Å². The maximum absolute atomic E-state index is 14.4. The van der Waals surface area contributed by atoms with E-state index < -0.39 is 45.4 Å². The summed E-state index contributed by atoms with van der Waals surface area (Å²) in [6, 6.07) is 17.2. The second-order valence-corrected chi connectivity index (χ2v) is 15.2. The number of aldehydes is 1. The molecule has 1 saturated carbocycles. The van der Waals surface area contributed by atoms with E-state index in [0.29, 0.717) is 34.6 Å². The Morgan fingerprint density at radius 2 is 1.72 bits per heavy atom. The standard InChI is InChI=1S/C34H37Cl2N3O6S/c1-34(2,20-40)22-14-12-21(13-15-22)19-45-37-32(41)30-24-8-4-5-9-25(24)33(42)39(31(30)26-17-16-23(35)18-27(26)36)29-11-7-6-10-28(29)38-46(3,43)44/h4-5,8-9,12-18,20,28-31,38H,6-7,10-11,19H2,1-3H3,(H,37,41)/t28-,29-,30+,31-/m0/s1. The molecule has 0 radical (unpaired) electrons. The highest BCUT2D eigenvalue weighted by molar-refractivity contribution is 7.88. The smallest absolute Gasteiger partial charge is 0.255 e. The Morgan fingerprint density at radius 1 is 1.02 bits per heavy atom. The van der Waals surface area contributed by atoms with Crippen LogP contribution in [0, 0.1) is 0 Å². The number of nitrogens with one attached hydrogen (secondary N) is 2. The second kappa shape index (κ2) is 13.8. The molecule has 2 N–H and O–H groups in total. The predicted molar refractivity (Wildman–Crippen MR) is 177 cm³/mol. The molecule has 1 aliphatic carbocycles. The van der Waals surface area contributed by atoms with Crippen molar-refractivity contribution in [2.24, 2.45) is 0 Å². The fourth-order valence-corrected chi connectivity index (χ4v) is 7.83. The van der Waals surface area contributed by atoms with Gasteiger partial charge in [-0.3, -0.25) is 14.4 Å². The van der Waals surface area contributed by atoms with E-state index >= 15 is 0 Å². The van der Waals surface area contributed by atoms with Gasteiger partial charge in [0.2, 0.25) is 10.0 Å². The molecule has 5 rings (SSSR count). The van der Waals surface area contributed by atoms with Crippen LogP contribution >= 0.6 is 23.2 Å². The molecule has 1 heterocycles. The predicted octanol–water partition coefficient (Wildman–Crippen LogP) is 5.86. The van der Waals surface area contributed by atoms with Crippen LogP contribution in [0.3, 0.4) is 0 Å².